The zero-order chi connectivity index (χ0) is 15.4. The number of nitrogens with two attached hydrogens (primary N) is 1. The van der Waals surface area contributed by atoms with Crippen molar-refractivity contribution < 1.29 is 9.18 Å². The average molecular weight is 302 g/mol. The standard InChI is InChI=1S/C16H15FN2OS/c1-10-6-5-9-12(17)14(10)19-16(20)13(15(18)21)11-7-3-2-4-8-11/h2-9,13H,1H3,(H2,18,21)(H,19,20). The van der Waals surface area contributed by atoms with Gasteiger partial charge in [-0.2, -0.15) is 0 Å². The Kier molecular flexibility index (Phi) is 4.65. The van der Waals surface area contributed by atoms with Crippen molar-refractivity contribution in [3.63, 3.8) is 0 Å². The second-order valence-electron chi connectivity index (χ2n) is 4.67. The predicted octanol–water partition coefficient (Wildman–Crippen LogP) is 3.14. The number of nitrogens with one attached hydrogen (secondary N) is 1. The summed E-state index contributed by atoms with van der Waals surface area (Å²) < 4.78 is 13.8. The molecule has 1 atom stereocenters. The molecule has 0 aliphatic heterocycles. The number of halogens is 1. The van der Waals surface area contributed by atoms with Gasteiger partial charge in [-0.1, -0.05) is 54.7 Å². The fourth-order valence-electron chi connectivity index (χ4n) is 2.08. The Morgan fingerprint density at radius 2 is 1.86 bits per heavy atom. The third-order valence-electron chi connectivity index (χ3n) is 3.15. The van der Waals surface area contributed by atoms with Crippen LogP contribution in [0.4, 0.5) is 10.1 Å². The molecular weight excluding hydrogens is 287 g/mol. The van der Waals surface area contributed by atoms with E-state index in [9.17, 15) is 9.18 Å². The maximum atomic E-state index is 13.8. The first-order valence-electron chi connectivity index (χ1n) is 6.41. The van der Waals surface area contributed by atoms with Crippen molar-refractivity contribution in [1.29, 1.82) is 0 Å². The molecule has 2 aromatic rings. The van der Waals surface area contributed by atoms with Gasteiger partial charge in [0, 0.05) is 0 Å². The average Bonchev–Trinajstić information content (AvgIpc) is 2.44. The number of thiocarbonyl (C=S) groups is 1. The zero-order valence-electron chi connectivity index (χ0n) is 11.5. The molecule has 108 valence electrons. The number of aryl methyl sites for hydroxylation is 1. The fourth-order valence-corrected chi connectivity index (χ4v) is 2.32. The second-order valence-corrected chi connectivity index (χ2v) is 5.14. The molecule has 0 aliphatic rings. The first kappa shape index (κ1) is 15.1. The predicted molar refractivity (Wildman–Crippen MR) is 85.7 cm³/mol. The van der Waals surface area contributed by atoms with Gasteiger partial charge in [-0.3, -0.25) is 4.79 Å². The van der Waals surface area contributed by atoms with Crippen molar-refractivity contribution in [2.24, 2.45) is 5.73 Å². The van der Waals surface area contributed by atoms with Crippen LogP contribution in [0.2, 0.25) is 0 Å². The van der Waals surface area contributed by atoms with Crippen LogP contribution in [-0.2, 0) is 4.79 Å². The molecule has 1 unspecified atom stereocenters. The Morgan fingerprint density at radius 3 is 2.43 bits per heavy atom. The van der Waals surface area contributed by atoms with Gasteiger partial charge in [0.05, 0.1) is 10.7 Å². The van der Waals surface area contributed by atoms with Crippen molar-refractivity contribution in [3.8, 4) is 0 Å². The van der Waals surface area contributed by atoms with E-state index in [1.54, 1.807) is 43.3 Å². The topological polar surface area (TPSA) is 55.1 Å². The summed E-state index contributed by atoms with van der Waals surface area (Å²) in [5.41, 5.74) is 7.14. The van der Waals surface area contributed by atoms with Crippen LogP contribution in [0.15, 0.2) is 48.5 Å². The molecular formula is C16H15FN2OS. The number of amides is 1. The lowest BCUT2D eigenvalue weighted by Crippen LogP contribution is -2.31. The van der Waals surface area contributed by atoms with E-state index in [1.807, 2.05) is 6.07 Å². The van der Waals surface area contributed by atoms with Crippen LogP contribution >= 0.6 is 12.2 Å². The number of carbonyl (C=O) groups is 1. The van der Waals surface area contributed by atoms with Gasteiger partial charge in [-0.15, -0.1) is 0 Å². The monoisotopic (exact) mass is 302 g/mol. The highest BCUT2D eigenvalue weighted by molar-refractivity contribution is 7.80. The molecule has 21 heavy (non-hydrogen) atoms. The minimum atomic E-state index is -0.791. The molecule has 0 bridgehead atoms. The van der Waals surface area contributed by atoms with Crippen LogP contribution < -0.4 is 11.1 Å². The van der Waals surface area contributed by atoms with Crippen molar-refractivity contribution >= 4 is 28.8 Å². The Labute approximate surface area is 128 Å². The molecule has 0 spiro atoms. The molecule has 0 radical (unpaired) electrons. The number of benzene rings is 2. The van der Waals surface area contributed by atoms with E-state index < -0.39 is 17.6 Å². The SMILES string of the molecule is Cc1cccc(F)c1NC(=O)C(C(N)=S)c1ccccc1. The first-order valence-corrected chi connectivity index (χ1v) is 6.81. The van der Waals surface area contributed by atoms with Gasteiger partial charge in [-0.05, 0) is 24.1 Å². The Balaban J connectivity index is 2.31. The summed E-state index contributed by atoms with van der Waals surface area (Å²) in [7, 11) is 0. The first-order chi connectivity index (χ1) is 10.0. The van der Waals surface area contributed by atoms with Crippen LogP contribution in [0.3, 0.4) is 0 Å². The van der Waals surface area contributed by atoms with E-state index in [0.29, 0.717) is 11.1 Å². The van der Waals surface area contributed by atoms with E-state index in [0.717, 1.165) is 0 Å². The molecule has 0 aliphatic carbocycles. The summed E-state index contributed by atoms with van der Waals surface area (Å²) in [5.74, 6) is -1.72. The molecule has 0 saturated heterocycles. The van der Waals surface area contributed by atoms with E-state index in [4.69, 9.17) is 18.0 Å². The second kappa shape index (κ2) is 6.45. The van der Waals surface area contributed by atoms with Crippen LogP contribution in [0.25, 0.3) is 0 Å². The van der Waals surface area contributed by atoms with Gasteiger partial charge >= 0.3 is 0 Å². The lowest BCUT2D eigenvalue weighted by molar-refractivity contribution is -0.116. The Hall–Kier alpha value is -2.27. The summed E-state index contributed by atoms with van der Waals surface area (Å²) in [5, 5.41) is 2.58. The van der Waals surface area contributed by atoms with Crippen molar-refractivity contribution in [2.75, 3.05) is 5.32 Å². The van der Waals surface area contributed by atoms with Crippen molar-refractivity contribution in [3.05, 3.63) is 65.5 Å². The summed E-state index contributed by atoms with van der Waals surface area (Å²) in [6.07, 6.45) is 0. The van der Waals surface area contributed by atoms with Gasteiger partial charge in [0.25, 0.3) is 0 Å². The fraction of sp³-hybridized carbons (Fsp3) is 0.125. The van der Waals surface area contributed by atoms with Gasteiger partial charge in [0.1, 0.15) is 11.7 Å². The quantitative estimate of drug-likeness (QED) is 0.853. The molecule has 0 aromatic heterocycles. The smallest absolute Gasteiger partial charge is 0.238 e. The highest BCUT2D eigenvalue weighted by Gasteiger charge is 2.24. The normalized spacial score (nSPS) is 11.7. The maximum absolute atomic E-state index is 13.8. The summed E-state index contributed by atoms with van der Waals surface area (Å²) in [6.45, 7) is 1.72. The van der Waals surface area contributed by atoms with Gasteiger partial charge in [-0.25, -0.2) is 4.39 Å². The van der Waals surface area contributed by atoms with E-state index in [1.165, 1.54) is 6.07 Å². The number of hydrogen-bond acceptors (Lipinski definition) is 2. The zero-order valence-corrected chi connectivity index (χ0v) is 12.3. The number of anilines is 1. The van der Waals surface area contributed by atoms with Gasteiger partial charge in [0.2, 0.25) is 5.91 Å². The highest BCUT2D eigenvalue weighted by Crippen LogP contribution is 2.23. The van der Waals surface area contributed by atoms with E-state index in [-0.39, 0.29) is 10.7 Å². The van der Waals surface area contributed by atoms with Crippen molar-refractivity contribution in [1.82, 2.24) is 0 Å². The van der Waals surface area contributed by atoms with E-state index in [2.05, 4.69) is 5.32 Å². The van der Waals surface area contributed by atoms with Crippen LogP contribution in [-0.4, -0.2) is 10.9 Å². The van der Waals surface area contributed by atoms with Crippen LogP contribution in [0, 0.1) is 12.7 Å². The van der Waals surface area contributed by atoms with E-state index >= 15 is 0 Å². The Morgan fingerprint density at radius 1 is 1.19 bits per heavy atom. The number of carbonyl (C=O) groups excluding carboxylic acids is 1. The Bertz CT molecular complexity index is 653. The summed E-state index contributed by atoms with van der Waals surface area (Å²) >= 11 is 4.98. The molecule has 3 N–H and O–H groups in total. The van der Waals surface area contributed by atoms with Crippen molar-refractivity contribution in [2.45, 2.75) is 12.8 Å². The molecule has 2 rings (SSSR count). The third-order valence-corrected chi connectivity index (χ3v) is 3.39. The molecule has 0 heterocycles. The molecule has 1 amide bonds. The minimum absolute atomic E-state index is 0.0488. The number of rotatable bonds is 4. The maximum Gasteiger partial charge on any atom is 0.238 e. The summed E-state index contributed by atoms with van der Waals surface area (Å²) in [6, 6.07) is 13.5. The highest BCUT2D eigenvalue weighted by atomic mass is 32.1. The van der Waals surface area contributed by atoms with Crippen LogP contribution in [0.1, 0.15) is 17.0 Å². The molecule has 3 nitrogen and oxygen atoms in total. The molecule has 0 fully saturated rings. The van der Waals surface area contributed by atoms with Gasteiger partial charge in [0.15, 0.2) is 0 Å². The molecule has 5 heteroatoms. The summed E-state index contributed by atoms with van der Waals surface area (Å²) in [4.78, 5) is 12.5. The molecule has 2 aromatic carbocycles. The van der Waals surface area contributed by atoms with Gasteiger partial charge < -0.3 is 11.1 Å². The number of hydrogen-bond donors (Lipinski definition) is 2. The van der Waals surface area contributed by atoms with Crippen LogP contribution in [0.5, 0.6) is 0 Å². The minimum Gasteiger partial charge on any atom is -0.392 e. The number of para-hydroxylation sites is 1. The third kappa shape index (κ3) is 3.44. The largest absolute Gasteiger partial charge is 0.392 e. The lowest BCUT2D eigenvalue weighted by atomic mass is 9.98. The lowest BCUT2D eigenvalue weighted by Gasteiger charge is -2.17. The molecule has 0 saturated carbocycles.